The highest BCUT2D eigenvalue weighted by Gasteiger charge is 2.52. The lowest BCUT2D eigenvalue weighted by molar-refractivity contribution is 0.00578. The fourth-order valence-electron chi connectivity index (χ4n) is 4.77. The van der Waals surface area contributed by atoms with Crippen molar-refractivity contribution in [1.29, 1.82) is 0 Å². The number of fused-ring (bicyclic) bond motifs is 3. The Balaban J connectivity index is 1.29. The van der Waals surface area contributed by atoms with E-state index in [1.165, 1.54) is 11.1 Å². The molecule has 0 bridgehead atoms. The Hall–Kier alpha value is -3.40. The van der Waals surface area contributed by atoms with Gasteiger partial charge in [-0.05, 0) is 72.4 Å². The van der Waals surface area contributed by atoms with Crippen molar-refractivity contribution in [2.75, 3.05) is 13.2 Å². The Morgan fingerprint density at radius 2 is 1.61 bits per heavy atom. The van der Waals surface area contributed by atoms with Gasteiger partial charge in [-0.25, -0.2) is 9.59 Å². The van der Waals surface area contributed by atoms with E-state index in [4.69, 9.17) is 14.0 Å². The quantitative estimate of drug-likeness (QED) is 0.364. The zero-order chi connectivity index (χ0) is 27.1. The number of carboxylic acid groups (broad SMARTS) is 1. The number of thiophene rings is 1. The third kappa shape index (κ3) is 5.01. The monoisotopic (exact) mass is 531 g/mol. The standard InChI is InChI=1S/C29H30BNO6S/c1-28(2)29(3,4)37-30(36-28)19(13-18-14-25(26(32)33)38-17-18)15-31-27(34)35-16-24-22-11-7-5-9-20(22)21-10-6-8-12-23(21)24/h5-14,17,24H,15-16H2,1-4H3,(H,31,34)(H,32,33). The van der Waals surface area contributed by atoms with Crippen LogP contribution in [0.15, 0.2) is 65.4 Å². The number of hydrogen-bond acceptors (Lipinski definition) is 6. The topological polar surface area (TPSA) is 94.1 Å². The molecule has 1 aromatic heterocycles. The molecule has 196 valence electrons. The summed E-state index contributed by atoms with van der Waals surface area (Å²) in [6.07, 6.45) is 1.25. The van der Waals surface area contributed by atoms with Crippen LogP contribution in [0.5, 0.6) is 0 Å². The van der Waals surface area contributed by atoms with Crippen molar-refractivity contribution in [2.24, 2.45) is 0 Å². The maximum absolute atomic E-state index is 12.8. The lowest BCUT2D eigenvalue weighted by atomic mass is 9.77. The van der Waals surface area contributed by atoms with E-state index >= 15 is 0 Å². The number of hydrogen-bond donors (Lipinski definition) is 2. The number of nitrogens with one attached hydrogen (secondary N) is 1. The molecule has 1 aliphatic heterocycles. The highest BCUT2D eigenvalue weighted by atomic mass is 32.1. The Kier molecular flexibility index (Phi) is 6.94. The second-order valence-electron chi connectivity index (χ2n) is 10.5. The van der Waals surface area contributed by atoms with Crippen LogP contribution in [0.1, 0.15) is 60.0 Å². The number of aromatic carboxylic acids is 1. The van der Waals surface area contributed by atoms with Crippen LogP contribution in [0.3, 0.4) is 0 Å². The van der Waals surface area contributed by atoms with E-state index in [1.54, 1.807) is 17.5 Å². The first-order chi connectivity index (χ1) is 18.1. The predicted octanol–water partition coefficient (Wildman–Crippen LogP) is 6.00. The molecule has 1 aliphatic carbocycles. The van der Waals surface area contributed by atoms with Crippen molar-refractivity contribution in [1.82, 2.24) is 5.32 Å². The van der Waals surface area contributed by atoms with Gasteiger partial charge in [0, 0.05) is 12.5 Å². The van der Waals surface area contributed by atoms with E-state index in [9.17, 15) is 14.7 Å². The third-order valence-electron chi connectivity index (χ3n) is 7.52. The summed E-state index contributed by atoms with van der Waals surface area (Å²) in [5, 5.41) is 13.9. The number of alkyl carbamates (subject to hydrolysis) is 1. The van der Waals surface area contributed by atoms with Crippen molar-refractivity contribution < 1.29 is 28.7 Å². The maximum Gasteiger partial charge on any atom is 0.492 e. The van der Waals surface area contributed by atoms with Crippen LogP contribution in [-0.4, -0.2) is 48.6 Å². The van der Waals surface area contributed by atoms with Gasteiger partial charge in [0.25, 0.3) is 0 Å². The molecule has 38 heavy (non-hydrogen) atoms. The molecule has 7 nitrogen and oxygen atoms in total. The number of carbonyl (C=O) groups excluding carboxylic acids is 1. The molecular weight excluding hydrogens is 501 g/mol. The summed E-state index contributed by atoms with van der Waals surface area (Å²) in [6.45, 7) is 8.15. The van der Waals surface area contributed by atoms with Crippen LogP contribution in [-0.2, 0) is 14.0 Å². The largest absolute Gasteiger partial charge is 0.492 e. The van der Waals surface area contributed by atoms with Crippen molar-refractivity contribution >= 4 is 36.6 Å². The summed E-state index contributed by atoms with van der Waals surface area (Å²) < 4.78 is 18.1. The van der Waals surface area contributed by atoms with Gasteiger partial charge in [-0.2, -0.15) is 0 Å². The average molecular weight is 531 g/mol. The summed E-state index contributed by atoms with van der Waals surface area (Å²) in [5.41, 5.74) is 4.84. The molecule has 1 amide bonds. The lowest BCUT2D eigenvalue weighted by Crippen LogP contribution is -2.41. The van der Waals surface area contributed by atoms with Crippen LogP contribution in [0.4, 0.5) is 4.79 Å². The SMILES string of the molecule is CC1(C)OB(C(=Cc2csc(C(=O)O)c2)CNC(=O)OCC2c3ccccc3-c3ccccc32)OC1(C)C. The highest BCUT2D eigenvalue weighted by molar-refractivity contribution is 7.12. The normalized spacial score (nSPS) is 17.7. The van der Waals surface area contributed by atoms with E-state index in [2.05, 4.69) is 29.6 Å². The first kappa shape index (κ1) is 26.2. The fourth-order valence-corrected chi connectivity index (χ4v) is 5.48. The molecule has 1 fully saturated rings. The number of benzene rings is 2. The smallest absolute Gasteiger partial charge is 0.477 e. The highest BCUT2D eigenvalue weighted by Crippen LogP contribution is 2.44. The minimum absolute atomic E-state index is 0.0356. The summed E-state index contributed by atoms with van der Waals surface area (Å²) in [5.74, 6) is -1.02. The fraction of sp³-hybridized carbons (Fsp3) is 0.310. The van der Waals surface area contributed by atoms with E-state index < -0.39 is 30.4 Å². The summed E-state index contributed by atoms with van der Waals surface area (Å²) in [6, 6.07) is 18.0. The predicted molar refractivity (Wildman–Crippen MR) is 148 cm³/mol. The molecule has 0 unspecified atom stereocenters. The van der Waals surface area contributed by atoms with E-state index in [1.807, 2.05) is 52.0 Å². The van der Waals surface area contributed by atoms with Gasteiger partial charge in [-0.15, -0.1) is 11.3 Å². The number of rotatable bonds is 7. The van der Waals surface area contributed by atoms with Crippen molar-refractivity contribution in [3.8, 4) is 11.1 Å². The minimum Gasteiger partial charge on any atom is -0.477 e. The van der Waals surface area contributed by atoms with Crippen molar-refractivity contribution in [2.45, 2.75) is 44.8 Å². The molecule has 3 aromatic rings. The molecule has 1 saturated heterocycles. The van der Waals surface area contributed by atoms with Crippen LogP contribution in [0, 0.1) is 0 Å². The van der Waals surface area contributed by atoms with Gasteiger partial charge in [0.2, 0.25) is 0 Å². The molecule has 2 aromatic carbocycles. The Bertz CT molecular complexity index is 1350. The molecule has 9 heteroatoms. The molecule has 0 atom stereocenters. The molecule has 2 aliphatic rings. The van der Waals surface area contributed by atoms with Crippen LogP contribution >= 0.6 is 11.3 Å². The third-order valence-corrected chi connectivity index (χ3v) is 8.46. The Morgan fingerprint density at radius 3 is 2.16 bits per heavy atom. The molecule has 5 rings (SSSR count). The van der Waals surface area contributed by atoms with E-state index in [-0.39, 0.29) is 23.9 Å². The van der Waals surface area contributed by atoms with Gasteiger partial charge in [0.1, 0.15) is 11.5 Å². The number of carbonyl (C=O) groups is 2. The number of amides is 1. The molecule has 0 radical (unpaired) electrons. The Morgan fingerprint density at radius 1 is 1.03 bits per heavy atom. The number of carboxylic acids is 1. The molecule has 2 heterocycles. The zero-order valence-electron chi connectivity index (χ0n) is 21.8. The number of ether oxygens (including phenoxy) is 1. The van der Waals surface area contributed by atoms with Gasteiger partial charge in [0.05, 0.1) is 11.2 Å². The summed E-state index contributed by atoms with van der Waals surface area (Å²) in [4.78, 5) is 24.4. The average Bonchev–Trinajstić information content (AvgIpc) is 3.53. The van der Waals surface area contributed by atoms with Gasteiger partial charge < -0.3 is 24.5 Å². The second-order valence-corrected chi connectivity index (χ2v) is 11.4. The van der Waals surface area contributed by atoms with E-state index in [0.29, 0.717) is 11.0 Å². The van der Waals surface area contributed by atoms with Gasteiger partial charge >= 0.3 is 19.2 Å². The van der Waals surface area contributed by atoms with Crippen molar-refractivity contribution in [3.05, 3.63) is 87.0 Å². The van der Waals surface area contributed by atoms with E-state index in [0.717, 1.165) is 22.5 Å². The van der Waals surface area contributed by atoms with Crippen molar-refractivity contribution in [3.63, 3.8) is 0 Å². The van der Waals surface area contributed by atoms with Crippen LogP contribution in [0.2, 0.25) is 0 Å². The van der Waals surface area contributed by atoms with Gasteiger partial charge in [-0.1, -0.05) is 54.6 Å². The van der Waals surface area contributed by atoms with Gasteiger partial charge in [-0.3, -0.25) is 0 Å². The molecular formula is C29H30BNO6S. The maximum atomic E-state index is 12.8. The first-order valence-corrected chi connectivity index (χ1v) is 13.4. The second kappa shape index (κ2) is 10.1. The molecule has 0 spiro atoms. The summed E-state index contributed by atoms with van der Waals surface area (Å²) >= 11 is 1.14. The molecule has 0 saturated carbocycles. The first-order valence-electron chi connectivity index (χ1n) is 12.5. The zero-order valence-corrected chi connectivity index (χ0v) is 22.6. The van der Waals surface area contributed by atoms with Gasteiger partial charge in [0.15, 0.2) is 0 Å². The molecule has 2 N–H and O–H groups in total. The Labute approximate surface area is 226 Å². The van der Waals surface area contributed by atoms with Crippen LogP contribution < -0.4 is 5.32 Å². The summed E-state index contributed by atoms with van der Waals surface area (Å²) in [7, 11) is -0.706. The lowest BCUT2D eigenvalue weighted by Gasteiger charge is -2.32. The van der Waals surface area contributed by atoms with Crippen LogP contribution in [0.25, 0.3) is 17.2 Å². The minimum atomic E-state index is -0.983.